The molecule has 0 atom stereocenters. The maximum atomic E-state index is 5.02. The summed E-state index contributed by atoms with van der Waals surface area (Å²) in [6, 6.07) is 14.3. The molecule has 0 amide bonds. The lowest BCUT2D eigenvalue weighted by atomic mass is 10.2. The van der Waals surface area contributed by atoms with Crippen molar-refractivity contribution in [3.05, 3.63) is 65.2 Å². The van der Waals surface area contributed by atoms with Crippen LogP contribution in [-0.4, -0.2) is 28.2 Å². The first-order valence-electron chi connectivity index (χ1n) is 7.42. The predicted molar refractivity (Wildman–Crippen MR) is 103 cm³/mol. The molecule has 1 aromatic carbocycles. The predicted octanol–water partition coefficient (Wildman–Crippen LogP) is 3.09. The third kappa shape index (κ3) is 4.06. The Morgan fingerprint density at radius 2 is 2.12 bits per heavy atom. The van der Waals surface area contributed by atoms with E-state index in [1.807, 2.05) is 40.5 Å². The van der Waals surface area contributed by atoms with Gasteiger partial charge in [-0.25, -0.2) is 0 Å². The van der Waals surface area contributed by atoms with Gasteiger partial charge in [0.25, 0.3) is 0 Å². The van der Waals surface area contributed by atoms with E-state index in [4.69, 9.17) is 17.3 Å². The van der Waals surface area contributed by atoms with Gasteiger partial charge in [0, 0.05) is 18.8 Å². The molecule has 0 aliphatic carbocycles. The Kier molecular flexibility index (Phi) is 5.35. The summed E-state index contributed by atoms with van der Waals surface area (Å²) in [6.45, 7) is 0.718. The number of nitrogens with one attached hydrogen (secondary N) is 2. The van der Waals surface area contributed by atoms with E-state index >= 15 is 0 Å². The van der Waals surface area contributed by atoms with Crippen molar-refractivity contribution >= 4 is 34.9 Å². The molecule has 0 spiro atoms. The fourth-order valence-corrected chi connectivity index (χ4v) is 2.99. The summed E-state index contributed by atoms with van der Waals surface area (Å²) in [5, 5.41) is 14.2. The van der Waals surface area contributed by atoms with Gasteiger partial charge in [-0.2, -0.15) is 10.2 Å². The standard InChI is InChI=1S/C17H17N5S2/c1-18-17(23)20-19-10-14-12-22(11-13-6-3-2-4-7-13)21-16(14)15-8-5-9-24-15/h2-10,12H,11H2,1H3,(H2,18,20,23). The van der Waals surface area contributed by atoms with Crippen LogP contribution >= 0.6 is 23.6 Å². The van der Waals surface area contributed by atoms with E-state index in [0.29, 0.717) is 5.11 Å². The normalized spacial score (nSPS) is 10.9. The first-order chi connectivity index (χ1) is 11.8. The summed E-state index contributed by atoms with van der Waals surface area (Å²) in [7, 11) is 1.75. The molecule has 3 rings (SSSR count). The molecule has 0 radical (unpaired) electrons. The van der Waals surface area contributed by atoms with Crippen LogP contribution in [0.4, 0.5) is 0 Å². The number of hydrogen-bond donors (Lipinski definition) is 2. The van der Waals surface area contributed by atoms with Gasteiger partial charge in [-0.05, 0) is 29.2 Å². The molecule has 0 aliphatic heterocycles. The van der Waals surface area contributed by atoms with Crippen LogP contribution in [-0.2, 0) is 6.54 Å². The molecule has 0 aliphatic rings. The molecule has 0 unspecified atom stereocenters. The molecule has 2 aromatic heterocycles. The zero-order valence-corrected chi connectivity index (χ0v) is 14.8. The second-order valence-electron chi connectivity index (χ2n) is 5.04. The summed E-state index contributed by atoms with van der Waals surface area (Å²) < 4.78 is 1.93. The van der Waals surface area contributed by atoms with Gasteiger partial charge in [-0.3, -0.25) is 10.1 Å². The summed E-state index contributed by atoms with van der Waals surface area (Å²) in [6.07, 6.45) is 3.74. The molecule has 2 N–H and O–H groups in total. The Labute approximate surface area is 150 Å². The minimum Gasteiger partial charge on any atom is -0.364 e. The van der Waals surface area contributed by atoms with Gasteiger partial charge >= 0.3 is 0 Å². The third-order valence-electron chi connectivity index (χ3n) is 3.33. The van der Waals surface area contributed by atoms with Crippen molar-refractivity contribution < 1.29 is 0 Å². The van der Waals surface area contributed by atoms with Crippen LogP contribution in [0.15, 0.2) is 59.1 Å². The summed E-state index contributed by atoms with van der Waals surface area (Å²) in [4.78, 5) is 1.11. The first kappa shape index (κ1) is 16.4. The van der Waals surface area contributed by atoms with Crippen molar-refractivity contribution in [2.75, 3.05) is 7.05 Å². The Morgan fingerprint density at radius 3 is 2.83 bits per heavy atom. The average molecular weight is 355 g/mol. The largest absolute Gasteiger partial charge is 0.364 e. The number of thiocarbonyl (C=S) groups is 1. The van der Waals surface area contributed by atoms with E-state index < -0.39 is 0 Å². The minimum atomic E-state index is 0.473. The van der Waals surface area contributed by atoms with Crippen LogP contribution in [0.1, 0.15) is 11.1 Å². The highest BCUT2D eigenvalue weighted by atomic mass is 32.1. The molecule has 2 heterocycles. The summed E-state index contributed by atoms with van der Waals surface area (Å²) in [5.74, 6) is 0. The molecule has 0 saturated carbocycles. The van der Waals surface area contributed by atoms with Gasteiger partial charge in [-0.1, -0.05) is 36.4 Å². The van der Waals surface area contributed by atoms with Gasteiger partial charge in [0.05, 0.1) is 17.6 Å². The van der Waals surface area contributed by atoms with Crippen molar-refractivity contribution in [2.24, 2.45) is 5.10 Å². The zero-order chi connectivity index (χ0) is 16.8. The van der Waals surface area contributed by atoms with Crippen LogP contribution in [0.2, 0.25) is 0 Å². The van der Waals surface area contributed by atoms with Gasteiger partial charge < -0.3 is 5.32 Å². The lowest BCUT2D eigenvalue weighted by molar-refractivity contribution is 0.689. The maximum Gasteiger partial charge on any atom is 0.186 e. The van der Waals surface area contributed by atoms with Crippen molar-refractivity contribution in [3.63, 3.8) is 0 Å². The number of benzene rings is 1. The zero-order valence-electron chi connectivity index (χ0n) is 13.1. The fraction of sp³-hybridized carbons (Fsp3) is 0.118. The van der Waals surface area contributed by atoms with E-state index in [9.17, 15) is 0 Å². The molecule has 0 fully saturated rings. The lowest BCUT2D eigenvalue weighted by Crippen LogP contribution is -2.28. The van der Waals surface area contributed by atoms with Crippen LogP contribution in [0.5, 0.6) is 0 Å². The van der Waals surface area contributed by atoms with Crippen LogP contribution < -0.4 is 10.7 Å². The fourth-order valence-electron chi connectivity index (χ4n) is 2.20. The lowest BCUT2D eigenvalue weighted by Gasteiger charge is -2.00. The number of aromatic nitrogens is 2. The van der Waals surface area contributed by atoms with Crippen molar-refractivity contribution in [1.29, 1.82) is 0 Å². The second kappa shape index (κ2) is 7.85. The van der Waals surface area contributed by atoms with Crippen LogP contribution in [0, 0.1) is 0 Å². The topological polar surface area (TPSA) is 54.2 Å². The van der Waals surface area contributed by atoms with Crippen molar-refractivity contribution in [2.45, 2.75) is 6.54 Å². The Bertz CT molecular complexity index is 822. The number of hydrazone groups is 1. The number of nitrogens with zero attached hydrogens (tertiary/aromatic N) is 3. The van der Waals surface area contributed by atoms with Crippen molar-refractivity contribution in [3.8, 4) is 10.6 Å². The van der Waals surface area contributed by atoms with E-state index in [-0.39, 0.29) is 0 Å². The highest BCUT2D eigenvalue weighted by Gasteiger charge is 2.11. The Hall–Kier alpha value is -2.51. The van der Waals surface area contributed by atoms with Crippen molar-refractivity contribution in [1.82, 2.24) is 20.5 Å². The monoisotopic (exact) mass is 355 g/mol. The SMILES string of the molecule is CNC(=S)NN=Cc1cn(Cc2ccccc2)nc1-c1cccs1. The van der Waals surface area contributed by atoms with Gasteiger partial charge in [0.1, 0.15) is 5.69 Å². The summed E-state index contributed by atoms with van der Waals surface area (Å²) in [5.41, 5.74) is 5.84. The Morgan fingerprint density at radius 1 is 1.29 bits per heavy atom. The minimum absolute atomic E-state index is 0.473. The van der Waals surface area contributed by atoms with E-state index in [1.54, 1.807) is 24.6 Å². The molecular weight excluding hydrogens is 338 g/mol. The average Bonchev–Trinajstić information content (AvgIpc) is 3.25. The maximum absolute atomic E-state index is 5.02. The quantitative estimate of drug-likeness (QED) is 0.420. The third-order valence-corrected chi connectivity index (χ3v) is 4.50. The highest BCUT2D eigenvalue weighted by Crippen LogP contribution is 2.26. The van der Waals surface area contributed by atoms with E-state index in [0.717, 1.165) is 22.7 Å². The van der Waals surface area contributed by atoms with Crippen LogP contribution in [0.25, 0.3) is 10.6 Å². The Balaban J connectivity index is 1.86. The van der Waals surface area contributed by atoms with Crippen LogP contribution in [0.3, 0.4) is 0 Å². The highest BCUT2D eigenvalue weighted by molar-refractivity contribution is 7.80. The van der Waals surface area contributed by atoms with Gasteiger partial charge in [0.15, 0.2) is 5.11 Å². The van der Waals surface area contributed by atoms with E-state index in [1.165, 1.54) is 5.56 Å². The number of thiophene rings is 1. The molecule has 0 saturated heterocycles. The molecular formula is C17H17N5S2. The molecule has 3 aromatic rings. The molecule has 24 heavy (non-hydrogen) atoms. The second-order valence-corrected chi connectivity index (χ2v) is 6.40. The smallest absolute Gasteiger partial charge is 0.186 e. The van der Waals surface area contributed by atoms with Gasteiger partial charge in [-0.15, -0.1) is 11.3 Å². The molecule has 0 bridgehead atoms. The summed E-state index contributed by atoms with van der Waals surface area (Å²) >= 11 is 6.68. The van der Waals surface area contributed by atoms with Gasteiger partial charge in [0.2, 0.25) is 0 Å². The van der Waals surface area contributed by atoms with E-state index in [2.05, 4.69) is 34.0 Å². The molecule has 122 valence electrons. The number of hydrogen-bond acceptors (Lipinski definition) is 4. The first-order valence-corrected chi connectivity index (χ1v) is 8.71. The molecule has 7 heteroatoms. The number of rotatable bonds is 5. The molecule has 5 nitrogen and oxygen atoms in total.